The molecule has 0 bridgehead atoms. The molecule has 4 nitrogen and oxygen atoms in total. The van der Waals surface area contributed by atoms with E-state index in [4.69, 9.17) is 0 Å². The third-order valence-corrected chi connectivity index (χ3v) is 3.89. The molecule has 0 aliphatic heterocycles. The second-order valence-electron chi connectivity index (χ2n) is 5.60. The van der Waals surface area contributed by atoms with Crippen molar-refractivity contribution in [3.63, 3.8) is 0 Å². The standard InChI is InChI=1S/C16H25N3O/c1-5-6-9-18(3)11-16(20)13-7-8-15-14(10-13)17-12(2)19(15)4/h7-8,10,16,20H,5-6,9,11H2,1-4H3. The summed E-state index contributed by atoms with van der Waals surface area (Å²) in [5, 5.41) is 10.3. The zero-order chi connectivity index (χ0) is 14.7. The average Bonchev–Trinajstić information content (AvgIpc) is 2.71. The van der Waals surface area contributed by atoms with E-state index in [-0.39, 0.29) is 0 Å². The summed E-state index contributed by atoms with van der Waals surface area (Å²) in [4.78, 5) is 6.71. The molecule has 1 aromatic carbocycles. The Labute approximate surface area is 121 Å². The van der Waals surface area contributed by atoms with Crippen LogP contribution in [0.4, 0.5) is 0 Å². The maximum absolute atomic E-state index is 10.3. The van der Waals surface area contributed by atoms with Crippen molar-refractivity contribution in [3.8, 4) is 0 Å². The Morgan fingerprint density at radius 2 is 2.15 bits per heavy atom. The Bertz CT molecular complexity index is 576. The van der Waals surface area contributed by atoms with Crippen molar-refractivity contribution in [2.45, 2.75) is 32.8 Å². The summed E-state index contributed by atoms with van der Waals surface area (Å²) in [7, 11) is 4.07. The third kappa shape index (κ3) is 3.19. The van der Waals surface area contributed by atoms with Crippen LogP contribution in [0.25, 0.3) is 11.0 Å². The summed E-state index contributed by atoms with van der Waals surface area (Å²) >= 11 is 0. The minimum atomic E-state index is -0.455. The maximum Gasteiger partial charge on any atom is 0.106 e. The molecule has 110 valence electrons. The minimum absolute atomic E-state index is 0.455. The van der Waals surface area contributed by atoms with Gasteiger partial charge in [-0.3, -0.25) is 0 Å². The van der Waals surface area contributed by atoms with E-state index in [9.17, 15) is 5.11 Å². The molecule has 0 radical (unpaired) electrons. The average molecular weight is 275 g/mol. The first-order valence-electron chi connectivity index (χ1n) is 7.32. The number of aromatic nitrogens is 2. The van der Waals surface area contributed by atoms with Crippen molar-refractivity contribution in [1.82, 2.24) is 14.5 Å². The number of nitrogens with zero attached hydrogens (tertiary/aromatic N) is 3. The third-order valence-electron chi connectivity index (χ3n) is 3.89. The zero-order valence-electron chi connectivity index (χ0n) is 12.9. The molecular weight excluding hydrogens is 250 g/mol. The van der Waals surface area contributed by atoms with E-state index in [2.05, 4.69) is 28.4 Å². The van der Waals surface area contributed by atoms with Crippen molar-refractivity contribution in [2.75, 3.05) is 20.1 Å². The van der Waals surface area contributed by atoms with Gasteiger partial charge < -0.3 is 14.6 Å². The van der Waals surface area contributed by atoms with Crippen LogP contribution in [0.1, 0.15) is 37.3 Å². The van der Waals surface area contributed by atoms with Gasteiger partial charge in [0.25, 0.3) is 0 Å². The number of benzene rings is 1. The number of hydrogen-bond donors (Lipinski definition) is 1. The van der Waals surface area contributed by atoms with E-state index in [0.717, 1.165) is 29.0 Å². The summed E-state index contributed by atoms with van der Waals surface area (Å²) in [5.41, 5.74) is 3.01. The second-order valence-corrected chi connectivity index (χ2v) is 5.60. The highest BCUT2D eigenvalue weighted by Crippen LogP contribution is 2.21. The molecule has 0 spiro atoms. The van der Waals surface area contributed by atoms with Gasteiger partial charge in [0, 0.05) is 13.6 Å². The normalized spacial score (nSPS) is 13.3. The molecule has 4 heteroatoms. The summed E-state index contributed by atoms with van der Waals surface area (Å²) in [6.45, 7) is 5.87. The smallest absolute Gasteiger partial charge is 0.106 e. The van der Waals surface area contributed by atoms with Crippen LogP contribution in [-0.4, -0.2) is 39.7 Å². The van der Waals surface area contributed by atoms with E-state index < -0.39 is 6.10 Å². The topological polar surface area (TPSA) is 41.3 Å². The molecule has 2 rings (SSSR count). The molecule has 1 unspecified atom stereocenters. The number of aliphatic hydroxyl groups excluding tert-OH is 1. The first-order chi connectivity index (χ1) is 9.52. The number of hydrogen-bond acceptors (Lipinski definition) is 3. The van der Waals surface area contributed by atoms with Crippen molar-refractivity contribution in [3.05, 3.63) is 29.6 Å². The Kier molecular flexibility index (Phi) is 4.78. The highest BCUT2D eigenvalue weighted by Gasteiger charge is 2.13. The number of likely N-dealkylation sites (N-methyl/N-ethyl adjacent to an activating group) is 1. The van der Waals surface area contributed by atoms with Gasteiger partial charge in [0.1, 0.15) is 5.82 Å². The summed E-state index contributed by atoms with van der Waals surface area (Å²) < 4.78 is 2.07. The molecule has 2 aromatic rings. The Hall–Kier alpha value is -1.39. The van der Waals surface area contributed by atoms with Crippen LogP contribution >= 0.6 is 0 Å². The van der Waals surface area contributed by atoms with Gasteiger partial charge in [-0.1, -0.05) is 19.4 Å². The van der Waals surface area contributed by atoms with E-state index in [1.807, 2.05) is 32.2 Å². The molecule has 0 saturated heterocycles. The minimum Gasteiger partial charge on any atom is -0.387 e. The Morgan fingerprint density at radius 3 is 2.85 bits per heavy atom. The van der Waals surface area contributed by atoms with Gasteiger partial charge in [-0.15, -0.1) is 0 Å². The lowest BCUT2D eigenvalue weighted by molar-refractivity contribution is 0.126. The van der Waals surface area contributed by atoms with Gasteiger partial charge in [-0.2, -0.15) is 0 Å². The monoisotopic (exact) mass is 275 g/mol. The Morgan fingerprint density at radius 1 is 1.40 bits per heavy atom. The predicted molar refractivity (Wildman–Crippen MR) is 82.8 cm³/mol. The molecule has 1 aromatic heterocycles. The fourth-order valence-corrected chi connectivity index (χ4v) is 2.46. The van der Waals surface area contributed by atoms with Crippen LogP contribution in [-0.2, 0) is 7.05 Å². The largest absolute Gasteiger partial charge is 0.387 e. The molecule has 0 aliphatic rings. The lowest BCUT2D eigenvalue weighted by Gasteiger charge is -2.20. The number of rotatable bonds is 6. The fourth-order valence-electron chi connectivity index (χ4n) is 2.46. The van der Waals surface area contributed by atoms with Gasteiger partial charge in [0.2, 0.25) is 0 Å². The molecule has 1 N–H and O–H groups in total. The van der Waals surface area contributed by atoms with Crippen LogP contribution < -0.4 is 0 Å². The van der Waals surface area contributed by atoms with E-state index in [0.29, 0.717) is 6.54 Å². The molecule has 0 fully saturated rings. The van der Waals surface area contributed by atoms with Crippen LogP contribution in [0.5, 0.6) is 0 Å². The van der Waals surface area contributed by atoms with Gasteiger partial charge in [0.15, 0.2) is 0 Å². The first kappa shape index (κ1) is 15.0. The summed E-state index contributed by atoms with van der Waals surface area (Å²) in [5.74, 6) is 0.992. The van der Waals surface area contributed by atoms with Crippen LogP contribution in [0.2, 0.25) is 0 Å². The summed E-state index contributed by atoms with van der Waals surface area (Å²) in [6.07, 6.45) is 1.89. The molecule has 0 amide bonds. The lowest BCUT2D eigenvalue weighted by Crippen LogP contribution is -2.25. The van der Waals surface area contributed by atoms with Crippen LogP contribution in [0, 0.1) is 6.92 Å². The predicted octanol–water partition coefficient (Wildman–Crippen LogP) is 2.65. The number of aryl methyl sites for hydroxylation is 2. The van der Waals surface area contributed by atoms with Gasteiger partial charge >= 0.3 is 0 Å². The number of aliphatic hydroxyl groups is 1. The number of fused-ring (bicyclic) bond motifs is 1. The van der Waals surface area contributed by atoms with E-state index in [1.165, 1.54) is 12.8 Å². The SMILES string of the molecule is CCCCN(C)CC(O)c1ccc2c(c1)nc(C)n2C. The zero-order valence-corrected chi connectivity index (χ0v) is 12.9. The highest BCUT2D eigenvalue weighted by molar-refractivity contribution is 5.76. The maximum atomic E-state index is 10.3. The first-order valence-corrected chi connectivity index (χ1v) is 7.32. The summed E-state index contributed by atoms with van der Waals surface area (Å²) in [6, 6.07) is 6.04. The van der Waals surface area contributed by atoms with Gasteiger partial charge in [-0.25, -0.2) is 4.98 Å². The van der Waals surface area contributed by atoms with Crippen LogP contribution in [0.3, 0.4) is 0 Å². The van der Waals surface area contributed by atoms with E-state index >= 15 is 0 Å². The molecule has 20 heavy (non-hydrogen) atoms. The molecule has 1 atom stereocenters. The van der Waals surface area contributed by atoms with Crippen molar-refractivity contribution in [1.29, 1.82) is 0 Å². The van der Waals surface area contributed by atoms with E-state index in [1.54, 1.807) is 0 Å². The van der Waals surface area contributed by atoms with Crippen molar-refractivity contribution < 1.29 is 5.11 Å². The Balaban J connectivity index is 2.12. The highest BCUT2D eigenvalue weighted by atomic mass is 16.3. The van der Waals surface area contributed by atoms with Crippen molar-refractivity contribution in [2.24, 2.45) is 7.05 Å². The molecule has 1 heterocycles. The fraction of sp³-hybridized carbons (Fsp3) is 0.562. The number of imidazole rings is 1. The second kappa shape index (κ2) is 6.37. The molecule has 0 aliphatic carbocycles. The van der Waals surface area contributed by atoms with Crippen LogP contribution in [0.15, 0.2) is 18.2 Å². The molecule has 0 saturated carbocycles. The number of unbranched alkanes of at least 4 members (excludes halogenated alkanes) is 1. The van der Waals surface area contributed by atoms with Gasteiger partial charge in [-0.05, 0) is 44.6 Å². The lowest BCUT2D eigenvalue weighted by atomic mass is 10.1. The van der Waals surface area contributed by atoms with Crippen molar-refractivity contribution >= 4 is 11.0 Å². The van der Waals surface area contributed by atoms with Gasteiger partial charge in [0.05, 0.1) is 17.1 Å². The molecular formula is C16H25N3O. The quantitative estimate of drug-likeness (QED) is 0.881.